The van der Waals surface area contributed by atoms with Crippen LogP contribution in [0, 0.1) is 5.82 Å². The molecule has 2 rings (SSSR count). The van der Waals surface area contributed by atoms with E-state index in [1.807, 2.05) is 42.3 Å². The molecule has 1 aromatic heterocycles. The van der Waals surface area contributed by atoms with Gasteiger partial charge in [-0.25, -0.2) is 4.39 Å². The quantitative estimate of drug-likeness (QED) is 0.357. The maximum atomic E-state index is 14.3. The Kier molecular flexibility index (Phi) is 9.81. The summed E-state index contributed by atoms with van der Waals surface area (Å²) >= 11 is 1.70. The first-order chi connectivity index (χ1) is 11.7. The lowest BCUT2D eigenvalue weighted by molar-refractivity contribution is 0.617. The number of hydrogen-bond donors (Lipinski definition) is 2. The molecule has 0 amide bonds. The van der Waals surface area contributed by atoms with Gasteiger partial charge in [0.1, 0.15) is 5.82 Å². The Morgan fingerprint density at radius 2 is 1.88 bits per heavy atom. The Morgan fingerprint density at radius 3 is 2.44 bits per heavy atom. The predicted octanol–water partition coefficient (Wildman–Crippen LogP) is 4.22. The zero-order valence-corrected chi connectivity index (χ0v) is 18.0. The molecule has 25 heavy (non-hydrogen) atoms. The number of thiophene rings is 1. The summed E-state index contributed by atoms with van der Waals surface area (Å²) in [5.74, 6) is 0.524. The van der Waals surface area contributed by atoms with Crippen LogP contribution in [0.25, 0.3) is 0 Å². The normalized spacial score (nSPS) is 11.0. The molecule has 0 aliphatic heterocycles. The summed E-state index contributed by atoms with van der Waals surface area (Å²) in [7, 11) is 1.73. The van der Waals surface area contributed by atoms with E-state index >= 15 is 0 Å². The molecule has 1 heterocycles. The molecule has 0 aliphatic rings. The molecule has 2 N–H and O–H groups in total. The first-order valence-corrected chi connectivity index (χ1v) is 9.06. The molecule has 0 unspecified atom stereocenters. The first-order valence-electron chi connectivity index (χ1n) is 8.18. The number of hydrogen-bond acceptors (Lipinski definition) is 3. The molecule has 0 atom stereocenters. The van der Waals surface area contributed by atoms with E-state index in [4.69, 9.17) is 0 Å². The standard InChI is InChI=1S/C18H25FN4S.HI/c1-4-23(5-2)17-9-8-14(11-16(17)19)12-21-18(20-3)22-13-15-7-6-10-24-15;/h6-11H,4-5,12-13H2,1-3H3,(H2,20,21,22);1H. The molecular formula is C18H26FIN4S. The van der Waals surface area contributed by atoms with Gasteiger partial charge in [-0.3, -0.25) is 4.99 Å². The Balaban J connectivity index is 0.00000312. The van der Waals surface area contributed by atoms with Crippen molar-refractivity contribution < 1.29 is 4.39 Å². The number of nitrogens with zero attached hydrogens (tertiary/aromatic N) is 2. The summed E-state index contributed by atoms with van der Waals surface area (Å²) < 4.78 is 14.3. The molecule has 138 valence electrons. The van der Waals surface area contributed by atoms with Crippen LogP contribution in [0.1, 0.15) is 24.3 Å². The summed E-state index contributed by atoms with van der Waals surface area (Å²) in [6.45, 7) is 6.91. The molecule has 0 radical (unpaired) electrons. The van der Waals surface area contributed by atoms with Gasteiger partial charge in [-0.1, -0.05) is 12.1 Å². The third-order valence-corrected chi connectivity index (χ3v) is 4.69. The SMILES string of the molecule is CCN(CC)c1ccc(CNC(=NC)NCc2cccs2)cc1F.I. The fourth-order valence-electron chi connectivity index (χ4n) is 2.47. The van der Waals surface area contributed by atoms with Crippen molar-refractivity contribution in [1.29, 1.82) is 0 Å². The molecular weight excluding hydrogens is 450 g/mol. The van der Waals surface area contributed by atoms with Gasteiger partial charge in [-0.05, 0) is 43.0 Å². The minimum atomic E-state index is -0.181. The summed E-state index contributed by atoms with van der Waals surface area (Å²) in [5.41, 5.74) is 1.55. The van der Waals surface area contributed by atoms with Crippen LogP contribution in [-0.4, -0.2) is 26.1 Å². The van der Waals surface area contributed by atoms with Crippen LogP contribution >= 0.6 is 35.3 Å². The average Bonchev–Trinajstić information content (AvgIpc) is 3.11. The molecule has 0 spiro atoms. The predicted molar refractivity (Wildman–Crippen MR) is 117 cm³/mol. The van der Waals surface area contributed by atoms with E-state index in [1.54, 1.807) is 24.5 Å². The highest BCUT2D eigenvalue weighted by Crippen LogP contribution is 2.20. The first kappa shape index (κ1) is 21.7. The Hall–Kier alpha value is -1.35. The average molecular weight is 476 g/mol. The highest BCUT2D eigenvalue weighted by atomic mass is 127. The Morgan fingerprint density at radius 1 is 1.16 bits per heavy atom. The third kappa shape index (κ3) is 6.47. The number of aliphatic imine (C=N–C) groups is 1. The zero-order chi connectivity index (χ0) is 17.4. The van der Waals surface area contributed by atoms with Gasteiger partial charge in [0.25, 0.3) is 0 Å². The van der Waals surface area contributed by atoms with Gasteiger partial charge < -0.3 is 15.5 Å². The number of benzene rings is 1. The van der Waals surface area contributed by atoms with Crippen molar-refractivity contribution in [3.63, 3.8) is 0 Å². The van der Waals surface area contributed by atoms with Crippen LogP contribution in [-0.2, 0) is 13.1 Å². The highest BCUT2D eigenvalue weighted by molar-refractivity contribution is 14.0. The van der Waals surface area contributed by atoms with Crippen LogP contribution in [0.3, 0.4) is 0 Å². The van der Waals surface area contributed by atoms with Crippen molar-refractivity contribution in [2.75, 3.05) is 25.0 Å². The second kappa shape index (κ2) is 11.3. The molecule has 0 fully saturated rings. The van der Waals surface area contributed by atoms with Crippen molar-refractivity contribution in [2.45, 2.75) is 26.9 Å². The summed E-state index contributed by atoms with van der Waals surface area (Å²) in [5, 5.41) is 8.52. The van der Waals surface area contributed by atoms with E-state index in [-0.39, 0.29) is 29.8 Å². The van der Waals surface area contributed by atoms with Gasteiger partial charge in [0.15, 0.2) is 5.96 Å². The van der Waals surface area contributed by atoms with Crippen LogP contribution < -0.4 is 15.5 Å². The van der Waals surface area contributed by atoms with Crippen LogP contribution in [0.15, 0.2) is 40.7 Å². The zero-order valence-electron chi connectivity index (χ0n) is 14.9. The molecule has 7 heteroatoms. The number of nitrogens with one attached hydrogen (secondary N) is 2. The lowest BCUT2D eigenvalue weighted by atomic mass is 10.2. The van der Waals surface area contributed by atoms with E-state index in [2.05, 4.69) is 21.7 Å². The van der Waals surface area contributed by atoms with Gasteiger partial charge in [0, 0.05) is 31.6 Å². The van der Waals surface area contributed by atoms with E-state index in [9.17, 15) is 4.39 Å². The van der Waals surface area contributed by atoms with Gasteiger partial charge in [-0.15, -0.1) is 35.3 Å². The molecule has 0 saturated heterocycles. The minimum absolute atomic E-state index is 0. The summed E-state index contributed by atoms with van der Waals surface area (Å²) in [6, 6.07) is 9.50. The Labute approximate surface area is 170 Å². The van der Waals surface area contributed by atoms with Crippen LogP contribution in [0.2, 0.25) is 0 Å². The van der Waals surface area contributed by atoms with Crippen molar-refractivity contribution >= 4 is 47.0 Å². The second-order valence-corrected chi connectivity index (χ2v) is 6.35. The monoisotopic (exact) mass is 476 g/mol. The van der Waals surface area contributed by atoms with E-state index < -0.39 is 0 Å². The van der Waals surface area contributed by atoms with Gasteiger partial charge in [0.05, 0.1) is 12.2 Å². The summed E-state index contributed by atoms with van der Waals surface area (Å²) in [4.78, 5) is 7.45. The van der Waals surface area contributed by atoms with E-state index in [0.29, 0.717) is 18.2 Å². The van der Waals surface area contributed by atoms with Gasteiger partial charge >= 0.3 is 0 Å². The lowest BCUT2D eigenvalue weighted by Gasteiger charge is -2.22. The fourth-order valence-corrected chi connectivity index (χ4v) is 3.12. The summed E-state index contributed by atoms with van der Waals surface area (Å²) in [6.07, 6.45) is 0. The largest absolute Gasteiger partial charge is 0.370 e. The van der Waals surface area contributed by atoms with Gasteiger partial charge in [-0.2, -0.15) is 0 Å². The molecule has 2 aromatic rings. The van der Waals surface area contributed by atoms with Crippen molar-refractivity contribution in [3.05, 3.63) is 52.0 Å². The number of rotatable bonds is 7. The van der Waals surface area contributed by atoms with E-state index in [0.717, 1.165) is 25.2 Å². The van der Waals surface area contributed by atoms with Crippen molar-refractivity contribution in [2.24, 2.45) is 4.99 Å². The van der Waals surface area contributed by atoms with Crippen molar-refractivity contribution in [1.82, 2.24) is 10.6 Å². The van der Waals surface area contributed by atoms with Crippen LogP contribution in [0.5, 0.6) is 0 Å². The molecule has 1 aromatic carbocycles. The Bertz CT molecular complexity index is 657. The number of guanidine groups is 1. The van der Waals surface area contributed by atoms with E-state index in [1.165, 1.54) is 4.88 Å². The molecule has 0 bridgehead atoms. The van der Waals surface area contributed by atoms with Crippen molar-refractivity contribution in [3.8, 4) is 0 Å². The molecule has 0 saturated carbocycles. The fraction of sp³-hybridized carbons (Fsp3) is 0.389. The maximum Gasteiger partial charge on any atom is 0.191 e. The topological polar surface area (TPSA) is 39.7 Å². The van der Waals surface area contributed by atoms with Crippen LogP contribution in [0.4, 0.5) is 10.1 Å². The minimum Gasteiger partial charge on any atom is -0.370 e. The highest BCUT2D eigenvalue weighted by Gasteiger charge is 2.09. The lowest BCUT2D eigenvalue weighted by Crippen LogP contribution is -2.36. The second-order valence-electron chi connectivity index (χ2n) is 5.32. The number of anilines is 1. The smallest absolute Gasteiger partial charge is 0.191 e. The number of halogens is 2. The third-order valence-electron chi connectivity index (χ3n) is 3.81. The van der Waals surface area contributed by atoms with Gasteiger partial charge in [0.2, 0.25) is 0 Å². The molecule has 0 aliphatic carbocycles. The molecule has 4 nitrogen and oxygen atoms in total. The maximum absolute atomic E-state index is 14.3.